The highest BCUT2D eigenvalue weighted by Gasteiger charge is 2.30. The van der Waals surface area contributed by atoms with Gasteiger partial charge in [0.2, 0.25) is 21.8 Å². The predicted octanol–water partition coefficient (Wildman–Crippen LogP) is 1.81. The third-order valence-electron chi connectivity index (χ3n) is 5.42. The average Bonchev–Trinajstić information content (AvgIpc) is 3.04. The first kappa shape index (κ1) is 20.7. The van der Waals surface area contributed by atoms with Gasteiger partial charge in [0.1, 0.15) is 5.82 Å². The van der Waals surface area contributed by atoms with Crippen LogP contribution in [0.4, 0.5) is 5.82 Å². The first-order valence-corrected chi connectivity index (χ1v) is 11.4. The van der Waals surface area contributed by atoms with Crippen molar-refractivity contribution in [3.8, 4) is 11.1 Å². The minimum atomic E-state index is -3.70. The lowest BCUT2D eigenvalue weighted by molar-refractivity contribution is -0.116. The van der Waals surface area contributed by atoms with Crippen LogP contribution < -0.4 is 5.32 Å². The monoisotopic (exact) mass is 432 g/mol. The van der Waals surface area contributed by atoms with E-state index in [0.717, 1.165) is 0 Å². The molecule has 160 valence electrons. The number of carbonyl (C=O) groups is 2. The Balaban J connectivity index is 1.86. The molecule has 2 aliphatic heterocycles. The fraction of sp³-hybridized carbons (Fsp3) is 0.450. The Hall–Kier alpha value is -2.56. The van der Waals surface area contributed by atoms with Gasteiger partial charge in [-0.05, 0) is 30.5 Å². The highest BCUT2D eigenvalue weighted by atomic mass is 32.2. The number of hydrogen-bond donors (Lipinski definition) is 1. The molecule has 4 rings (SSSR count). The molecule has 0 radical (unpaired) electrons. The maximum absolute atomic E-state index is 13.3. The third kappa shape index (κ3) is 3.55. The van der Waals surface area contributed by atoms with Crippen molar-refractivity contribution in [2.45, 2.75) is 38.0 Å². The lowest BCUT2D eigenvalue weighted by Gasteiger charge is -2.27. The molecule has 0 aliphatic carbocycles. The molecule has 1 fully saturated rings. The van der Waals surface area contributed by atoms with E-state index in [1.807, 2.05) is 6.92 Å². The normalized spacial score (nSPS) is 18.1. The number of sulfonamides is 1. The molecule has 9 nitrogen and oxygen atoms in total. The number of aromatic nitrogens is 2. The molecule has 10 heteroatoms. The Morgan fingerprint density at radius 2 is 1.90 bits per heavy atom. The fourth-order valence-corrected chi connectivity index (χ4v) is 5.45. The number of anilines is 1. The number of nitrogens with zero attached hydrogens (tertiary/aromatic N) is 3. The Morgan fingerprint density at radius 1 is 1.17 bits per heavy atom. The summed E-state index contributed by atoms with van der Waals surface area (Å²) in [6.07, 6.45) is 0.694. The molecule has 1 aromatic carbocycles. The van der Waals surface area contributed by atoms with Crippen molar-refractivity contribution in [3.05, 3.63) is 29.5 Å². The van der Waals surface area contributed by atoms with Crippen LogP contribution in [0.1, 0.15) is 35.8 Å². The standard InChI is InChI=1S/C20H24N4O5S/c1-3-15-19(20-21-17(25)6-7-18(26)24(20)22-15)14-5-4-13(2)16(12-14)30(27,28)23-8-10-29-11-9-23/h4-5,12H,3,6-11H2,1-2H3,(H,21,25). The molecule has 30 heavy (non-hydrogen) atoms. The van der Waals surface area contributed by atoms with Crippen molar-refractivity contribution in [2.75, 3.05) is 31.6 Å². The molecule has 1 amide bonds. The lowest BCUT2D eigenvalue weighted by Crippen LogP contribution is -2.40. The topological polar surface area (TPSA) is 111 Å². The summed E-state index contributed by atoms with van der Waals surface area (Å²) < 4.78 is 34.4. The van der Waals surface area contributed by atoms with E-state index in [-0.39, 0.29) is 29.6 Å². The van der Waals surface area contributed by atoms with Gasteiger partial charge >= 0.3 is 0 Å². The van der Waals surface area contributed by atoms with E-state index < -0.39 is 10.0 Å². The van der Waals surface area contributed by atoms with Crippen LogP contribution in [-0.4, -0.2) is 60.6 Å². The van der Waals surface area contributed by atoms with E-state index in [2.05, 4.69) is 10.4 Å². The molecule has 0 bridgehead atoms. The number of hydrogen-bond acceptors (Lipinski definition) is 6. The van der Waals surface area contributed by atoms with Crippen molar-refractivity contribution in [1.29, 1.82) is 0 Å². The van der Waals surface area contributed by atoms with Crippen molar-refractivity contribution in [3.63, 3.8) is 0 Å². The Bertz CT molecular complexity index is 1120. The average molecular weight is 433 g/mol. The first-order valence-electron chi connectivity index (χ1n) is 9.96. The number of ether oxygens (including phenoxy) is 1. The van der Waals surface area contributed by atoms with Gasteiger partial charge in [0.15, 0.2) is 0 Å². The van der Waals surface area contributed by atoms with Gasteiger partial charge in [-0.25, -0.2) is 8.42 Å². The smallest absolute Gasteiger partial charge is 0.249 e. The van der Waals surface area contributed by atoms with E-state index in [9.17, 15) is 18.0 Å². The molecule has 2 aromatic rings. The van der Waals surface area contributed by atoms with Gasteiger partial charge in [-0.2, -0.15) is 14.1 Å². The summed E-state index contributed by atoms with van der Waals surface area (Å²) in [4.78, 5) is 24.8. The van der Waals surface area contributed by atoms with Gasteiger partial charge in [-0.15, -0.1) is 0 Å². The molecule has 0 spiro atoms. The predicted molar refractivity (Wildman–Crippen MR) is 110 cm³/mol. The highest BCUT2D eigenvalue weighted by molar-refractivity contribution is 7.89. The number of fused-ring (bicyclic) bond motifs is 1. The Kier molecular flexibility index (Phi) is 5.48. The summed E-state index contributed by atoms with van der Waals surface area (Å²) in [5, 5.41) is 7.18. The molecule has 0 saturated carbocycles. The highest BCUT2D eigenvalue weighted by Crippen LogP contribution is 2.36. The minimum Gasteiger partial charge on any atom is -0.379 e. The van der Waals surface area contributed by atoms with Crippen LogP contribution in [0.3, 0.4) is 0 Å². The van der Waals surface area contributed by atoms with Gasteiger partial charge < -0.3 is 10.1 Å². The molecule has 0 unspecified atom stereocenters. The van der Waals surface area contributed by atoms with E-state index in [1.54, 1.807) is 25.1 Å². The second kappa shape index (κ2) is 7.93. The summed E-state index contributed by atoms with van der Waals surface area (Å²) in [5.74, 6) is -0.227. The SMILES string of the molecule is CCc1nn2c(c1-c1ccc(C)c(S(=O)(=O)N3CCOCC3)c1)NC(=O)CCC2=O. The number of aryl methyl sites for hydroxylation is 2. The third-order valence-corrected chi connectivity index (χ3v) is 7.46. The van der Waals surface area contributed by atoms with Gasteiger partial charge in [-0.1, -0.05) is 19.1 Å². The summed E-state index contributed by atoms with van der Waals surface area (Å²) in [6.45, 7) is 4.99. The number of amides is 1. The maximum Gasteiger partial charge on any atom is 0.249 e. The minimum absolute atomic E-state index is 0.0770. The second-order valence-corrected chi connectivity index (χ2v) is 9.28. The zero-order chi connectivity index (χ0) is 21.5. The summed E-state index contributed by atoms with van der Waals surface area (Å²) in [6, 6.07) is 5.15. The first-order chi connectivity index (χ1) is 14.3. The van der Waals surface area contributed by atoms with E-state index in [4.69, 9.17) is 4.74 Å². The molecule has 2 aliphatic rings. The number of carbonyl (C=O) groups excluding carboxylic acids is 2. The van der Waals surface area contributed by atoms with Gasteiger partial charge in [0, 0.05) is 31.5 Å². The summed E-state index contributed by atoms with van der Waals surface area (Å²) in [7, 11) is -3.70. The quantitative estimate of drug-likeness (QED) is 0.789. The van der Waals surface area contributed by atoms with Crippen LogP contribution in [-0.2, 0) is 26.0 Å². The van der Waals surface area contributed by atoms with Crippen LogP contribution in [0.25, 0.3) is 11.1 Å². The van der Waals surface area contributed by atoms with Crippen LogP contribution in [0, 0.1) is 6.92 Å². The van der Waals surface area contributed by atoms with Gasteiger partial charge in [0.05, 0.1) is 23.8 Å². The molecule has 1 N–H and O–H groups in total. The van der Waals surface area contributed by atoms with Crippen molar-refractivity contribution in [1.82, 2.24) is 14.1 Å². The van der Waals surface area contributed by atoms with Gasteiger partial charge in [-0.3, -0.25) is 9.59 Å². The number of nitrogens with one attached hydrogen (secondary N) is 1. The number of benzene rings is 1. The lowest BCUT2D eigenvalue weighted by atomic mass is 10.0. The van der Waals surface area contributed by atoms with Crippen molar-refractivity contribution in [2.24, 2.45) is 0 Å². The molecule has 0 atom stereocenters. The molecular formula is C20H24N4O5S. The zero-order valence-electron chi connectivity index (χ0n) is 17.0. The van der Waals surface area contributed by atoms with Crippen LogP contribution in [0.5, 0.6) is 0 Å². The van der Waals surface area contributed by atoms with Crippen molar-refractivity contribution >= 4 is 27.7 Å². The zero-order valence-corrected chi connectivity index (χ0v) is 17.8. The molecule has 3 heterocycles. The molecule has 1 saturated heterocycles. The Labute approximate surface area is 175 Å². The molecular weight excluding hydrogens is 408 g/mol. The summed E-state index contributed by atoms with van der Waals surface area (Å²) in [5.41, 5.74) is 2.43. The fourth-order valence-electron chi connectivity index (χ4n) is 3.79. The van der Waals surface area contributed by atoms with E-state index in [0.29, 0.717) is 60.9 Å². The van der Waals surface area contributed by atoms with Gasteiger partial charge in [0.25, 0.3) is 0 Å². The van der Waals surface area contributed by atoms with E-state index in [1.165, 1.54) is 8.99 Å². The van der Waals surface area contributed by atoms with E-state index >= 15 is 0 Å². The van der Waals surface area contributed by atoms with Crippen LogP contribution in [0.2, 0.25) is 0 Å². The summed E-state index contributed by atoms with van der Waals surface area (Å²) >= 11 is 0. The Morgan fingerprint density at radius 3 is 2.60 bits per heavy atom. The number of morpholine rings is 1. The maximum atomic E-state index is 13.3. The van der Waals surface area contributed by atoms with Crippen LogP contribution in [0.15, 0.2) is 23.1 Å². The van der Waals surface area contributed by atoms with Crippen molar-refractivity contribution < 1.29 is 22.7 Å². The largest absolute Gasteiger partial charge is 0.379 e. The van der Waals surface area contributed by atoms with Crippen LogP contribution >= 0.6 is 0 Å². The number of rotatable bonds is 4. The second-order valence-electron chi connectivity index (χ2n) is 7.37. The molecule has 1 aromatic heterocycles.